The Kier molecular flexibility index (Phi) is 13.5. The first-order chi connectivity index (χ1) is 16.1. The van der Waals surface area contributed by atoms with E-state index in [-0.39, 0.29) is 11.9 Å². The summed E-state index contributed by atoms with van der Waals surface area (Å²) < 4.78 is 0. The van der Waals surface area contributed by atoms with Gasteiger partial charge in [0.25, 0.3) is 5.91 Å². The predicted octanol–water partition coefficient (Wildman–Crippen LogP) is 6.88. The van der Waals surface area contributed by atoms with Crippen LogP contribution in [0.3, 0.4) is 0 Å². The van der Waals surface area contributed by atoms with Crippen LogP contribution in [0.1, 0.15) is 99.5 Å². The Balaban J connectivity index is 1.69. The number of hydrogen-bond donors (Lipinski definition) is 1. The molecule has 0 spiro atoms. The molecular formula is C27H40N2O3S. The van der Waals surface area contributed by atoms with Crippen LogP contribution in [0.4, 0.5) is 0 Å². The van der Waals surface area contributed by atoms with Gasteiger partial charge in [0.2, 0.25) is 0 Å². The number of benzene rings is 1. The fourth-order valence-electron chi connectivity index (χ4n) is 3.82. The van der Waals surface area contributed by atoms with Crippen molar-refractivity contribution in [3.05, 3.63) is 57.8 Å². The van der Waals surface area contributed by atoms with Crippen molar-refractivity contribution in [2.45, 2.75) is 91.1 Å². The largest absolute Gasteiger partial charge is 0.368 e. The molecular weight excluding hydrogens is 432 g/mol. The SMILES string of the molecule is CCCCCCCCCCCCNC(=O)c1cccc(CN(Cc2ccsc2)OC(C)=O)c1. The molecule has 5 nitrogen and oxygen atoms in total. The molecule has 0 unspecified atom stereocenters. The third-order valence-electron chi connectivity index (χ3n) is 5.56. The molecule has 6 heteroatoms. The maximum atomic E-state index is 12.6. The lowest BCUT2D eigenvalue weighted by molar-refractivity contribution is -0.194. The molecule has 1 amide bonds. The topological polar surface area (TPSA) is 58.6 Å². The molecule has 2 aromatic rings. The Bertz CT molecular complexity index is 807. The monoisotopic (exact) mass is 472 g/mol. The minimum absolute atomic E-state index is 0.0513. The Morgan fingerprint density at radius 2 is 1.58 bits per heavy atom. The Hall–Kier alpha value is -2.18. The highest BCUT2D eigenvalue weighted by Gasteiger charge is 2.13. The molecule has 0 atom stereocenters. The van der Waals surface area contributed by atoms with Gasteiger partial charge >= 0.3 is 5.97 Å². The highest BCUT2D eigenvalue weighted by atomic mass is 32.1. The standard InChI is InChI=1S/C27H40N2O3S/c1-3-4-5-6-7-8-9-10-11-12-17-28-27(31)26-15-13-14-24(19-26)20-29(32-23(2)30)21-25-16-18-33-22-25/h13-16,18-19,22H,3-12,17,20-21H2,1-2H3,(H,28,31). The summed E-state index contributed by atoms with van der Waals surface area (Å²) >= 11 is 1.61. The summed E-state index contributed by atoms with van der Waals surface area (Å²) in [7, 11) is 0. The van der Waals surface area contributed by atoms with Crippen molar-refractivity contribution >= 4 is 23.2 Å². The van der Waals surface area contributed by atoms with Crippen LogP contribution in [0.15, 0.2) is 41.1 Å². The molecule has 0 aliphatic carbocycles. The number of thiophene rings is 1. The van der Waals surface area contributed by atoms with Crippen LogP contribution in [0.5, 0.6) is 0 Å². The summed E-state index contributed by atoms with van der Waals surface area (Å²) in [5.41, 5.74) is 2.66. The molecule has 0 fully saturated rings. The summed E-state index contributed by atoms with van der Waals surface area (Å²) in [6, 6.07) is 9.54. The summed E-state index contributed by atoms with van der Waals surface area (Å²) in [4.78, 5) is 29.4. The van der Waals surface area contributed by atoms with Gasteiger partial charge in [-0.25, -0.2) is 0 Å². The van der Waals surface area contributed by atoms with Crippen molar-refractivity contribution < 1.29 is 14.4 Å². The molecule has 1 aromatic carbocycles. The molecule has 0 saturated heterocycles. The molecule has 0 aliphatic rings. The van der Waals surface area contributed by atoms with Gasteiger partial charge in [0, 0.05) is 19.0 Å². The van der Waals surface area contributed by atoms with Gasteiger partial charge in [-0.2, -0.15) is 11.3 Å². The van der Waals surface area contributed by atoms with Crippen molar-refractivity contribution in [2.75, 3.05) is 6.54 Å². The number of unbranched alkanes of at least 4 members (excludes halogenated alkanes) is 9. The van der Waals surface area contributed by atoms with Crippen LogP contribution < -0.4 is 5.32 Å². The van der Waals surface area contributed by atoms with E-state index in [0.29, 0.717) is 25.2 Å². The number of nitrogens with zero attached hydrogens (tertiary/aromatic N) is 1. The van der Waals surface area contributed by atoms with Crippen LogP contribution in [0, 0.1) is 0 Å². The lowest BCUT2D eigenvalue weighted by atomic mass is 10.1. The predicted molar refractivity (Wildman–Crippen MR) is 136 cm³/mol. The third kappa shape index (κ3) is 12.0. The van der Waals surface area contributed by atoms with E-state index in [1.165, 1.54) is 58.3 Å². The van der Waals surface area contributed by atoms with Gasteiger partial charge in [-0.05, 0) is 46.5 Å². The molecule has 1 heterocycles. The molecule has 0 saturated carbocycles. The molecule has 2 rings (SSSR count). The fourth-order valence-corrected chi connectivity index (χ4v) is 4.48. The first-order valence-electron chi connectivity index (χ1n) is 12.4. The van der Waals surface area contributed by atoms with Crippen LogP contribution in [0.25, 0.3) is 0 Å². The second kappa shape index (κ2) is 16.4. The normalized spacial score (nSPS) is 11.0. The van der Waals surface area contributed by atoms with Crippen molar-refractivity contribution in [3.8, 4) is 0 Å². The molecule has 1 aromatic heterocycles. The second-order valence-electron chi connectivity index (χ2n) is 8.65. The lowest BCUT2D eigenvalue weighted by Crippen LogP contribution is -2.26. The number of nitrogens with one attached hydrogen (secondary N) is 1. The van der Waals surface area contributed by atoms with Crippen molar-refractivity contribution in [1.29, 1.82) is 0 Å². The van der Waals surface area contributed by atoms with E-state index >= 15 is 0 Å². The van der Waals surface area contributed by atoms with Gasteiger partial charge < -0.3 is 10.2 Å². The molecule has 33 heavy (non-hydrogen) atoms. The van der Waals surface area contributed by atoms with Gasteiger partial charge in [0.15, 0.2) is 0 Å². The number of hydrogen-bond acceptors (Lipinski definition) is 5. The maximum Gasteiger partial charge on any atom is 0.322 e. The van der Waals surface area contributed by atoms with Crippen molar-refractivity contribution in [2.24, 2.45) is 0 Å². The van der Waals surface area contributed by atoms with E-state index in [1.807, 2.05) is 41.1 Å². The fraction of sp³-hybridized carbons (Fsp3) is 0.556. The van der Waals surface area contributed by atoms with Crippen LogP contribution in [0.2, 0.25) is 0 Å². The lowest BCUT2D eigenvalue weighted by Gasteiger charge is -2.20. The van der Waals surface area contributed by atoms with Gasteiger partial charge in [0.1, 0.15) is 0 Å². The highest BCUT2D eigenvalue weighted by Crippen LogP contribution is 2.15. The zero-order valence-corrected chi connectivity index (χ0v) is 21.1. The van der Waals surface area contributed by atoms with Crippen LogP contribution in [-0.4, -0.2) is 23.5 Å². The minimum atomic E-state index is -0.351. The average Bonchev–Trinajstić information content (AvgIpc) is 3.30. The third-order valence-corrected chi connectivity index (χ3v) is 6.29. The first-order valence-corrected chi connectivity index (χ1v) is 13.3. The van der Waals surface area contributed by atoms with Crippen LogP contribution in [-0.2, 0) is 22.7 Å². The van der Waals surface area contributed by atoms with Crippen molar-refractivity contribution in [1.82, 2.24) is 10.4 Å². The van der Waals surface area contributed by atoms with E-state index in [1.54, 1.807) is 16.4 Å². The average molecular weight is 473 g/mol. The summed E-state index contributed by atoms with van der Waals surface area (Å²) in [6.45, 7) is 5.30. The molecule has 0 radical (unpaired) electrons. The van der Waals surface area contributed by atoms with Gasteiger partial charge in [0.05, 0.1) is 13.1 Å². The van der Waals surface area contributed by atoms with Gasteiger partial charge in [-0.3, -0.25) is 9.59 Å². The highest BCUT2D eigenvalue weighted by molar-refractivity contribution is 7.07. The molecule has 1 N–H and O–H groups in total. The zero-order chi connectivity index (χ0) is 23.7. The second-order valence-corrected chi connectivity index (χ2v) is 9.43. The summed E-state index contributed by atoms with van der Waals surface area (Å²) in [6.07, 6.45) is 12.8. The summed E-state index contributed by atoms with van der Waals surface area (Å²) in [5.74, 6) is -0.403. The van der Waals surface area contributed by atoms with E-state index < -0.39 is 0 Å². The molecule has 0 aliphatic heterocycles. The maximum absolute atomic E-state index is 12.6. The van der Waals surface area contributed by atoms with E-state index in [2.05, 4.69) is 12.2 Å². The van der Waals surface area contributed by atoms with Gasteiger partial charge in [-0.1, -0.05) is 76.8 Å². The van der Waals surface area contributed by atoms with E-state index in [4.69, 9.17) is 4.84 Å². The summed E-state index contributed by atoms with van der Waals surface area (Å²) in [5, 5.41) is 8.70. The minimum Gasteiger partial charge on any atom is -0.368 e. The Morgan fingerprint density at radius 1 is 0.909 bits per heavy atom. The Labute approximate surface area is 203 Å². The number of rotatable bonds is 17. The first kappa shape index (κ1) is 27.1. The van der Waals surface area contributed by atoms with Gasteiger partial charge in [-0.15, -0.1) is 5.06 Å². The van der Waals surface area contributed by atoms with E-state index in [9.17, 15) is 9.59 Å². The molecule has 182 valence electrons. The quantitative estimate of drug-likeness (QED) is 0.201. The smallest absolute Gasteiger partial charge is 0.322 e. The van der Waals surface area contributed by atoms with E-state index in [0.717, 1.165) is 24.0 Å². The van der Waals surface area contributed by atoms with Crippen LogP contribution >= 0.6 is 11.3 Å². The number of amides is 1. The number of carbonyl (C=O) groups is 2. The number of carbonyl (C=O) groups excluding carboxylic acids is 2. The Morgan fingerprint density at radius 3 is 2.21 bits per heavy atom. The van der Waals surface area contributed by atoms with Crippen molar-refractivity contribution in [3.63, 3.8) is 0 Å². The zero-order valence-electron chi connectivity index (χ0n) is 20.3. The molecule has 0 bridgehead atoms. The number of hydroxylamine groups is 2.